The predicted molar refractivity (Wildman–Crippen MR) is 113 cm³/mol. The van der Waals surface area contributed by atoms with E-state index in [9.17, 15) is 4.79 Å². The molecule has 144 valence electrons. The number of aromatic nitrogens is 2. The van der Waals surface area contributed by atoms with Crippen molar-refractivity contribution in [1.82, 2.24) is 9.55 Å². The van der Waals surface area contributed by atoms with Gasteiger partial charge in [-0.3, -0.25) is 4.57 Å². The lowest BCUT2D eigenvalue weighted by atomic mass is 10.2. The van der Waals surface area contributed by atoms with Gasteiger partial charge in [-0.05, 0) is 36.3 Å². The highest BCUT2D eigenvalue weighted by Gasteiger charge is 2.40. The fourth-order valence-corrected chi connectivity index (χ4v) is 4.63. The standard InChI is InChI=1S/C19H23ClN2O3SSi/c1-19(2,3)27(5,6)25-15-10-16(26-17(15)18(23)24-4)22-11-21-13-9-12(20)7-8-14(13)22/h7-11H,1-6H3. The molecule has 0 saturated carbocycles. The van der Waals surface area contributed by atoms with Crippen molar-refractivity contribution in [1.29, 1.82) is 0 Å². The second kappa shape index (κ2) is 6.96. The van der Waals surface area contributed by atoms with Gasteiger partial charge < -0.3 is 9.16 Å². The molecule has 0 amide bonds. The molecule has 1 aromatic carbocycles. The van der Waals surface area contributed by atoms with Gasteiger partial charge in [0, 0.05) is 11.1 Å². The largest absolute Gasteiger partial charge is 0.542 e. The quantitative estimate of drug-likeness (QED) is 0.387. The number of ether oxygens (including phenoxy) is 1. The summed E-state index contributed by atoms with van der Waals surface area (Å²) in [5, 5.41) is 1.49. The average Bonchev–Trinajstić information content (AvgIpc) is 3.16. The number of esters is 1. The monoisotopic (exact) mass is 422 g/mol. The Bertz CT molecular complexity index is 1000. The Morgan fingerprint density at radius 3 is 2.59 bits per heavy atom. The molecule has 0 aliphatic heterocycles. The Labute approximate surface area is 169 Å². The molecule has 0 fully saturated rings. The van der Waals surface area contributed by atoms with Gasteiger partial charge in [-0.2, -0.15) is 0 Å². The Morgan fingerprint density at radius 1 is 1.26 bits per heavy atom. The zero-order valence-corrected chi connectivity index (χ0v) is 18.9. The Hall–Kier alpha value is -1.83. The van der Waals surface area contributed by atoms with Crippen LogP contribution in [0.25, 0.3) is 16.0 Å². The third kappa shape index (κ3) is 3.76. The van der Waals surface area contributed by atoms with Crippen molar-refractivity contribution < 1.29 is 14.0 Å². The lowest BCUT2D eigenvalue weighted by Crippen LogP contribution is -2.44. The summed E-state index contributed by atoms with van der Waals surface area (Å²) < 4.78 is 13.3. The van der Waals surface area contributed by atoms with Crippen LogP contribution in [-0.2, 0) is 4.74 Å². The third-order valence-electron chi connectivity index (χ3n) is 4.97. The van der Waals surface area contributed by atoms with Gasteiger partial charge >= 0.3 is 5.97 Å². The maximum atomic E-state index is 12.3. The number of rotatable bonds is 4. The van der Waals surface area contributed by atoms with Gasteiger partial charge in [0.15, 0.2) is 4.88 Å². The molecule has 0 radical (unpaired) electrons. The molecule has 27 heavy (non-hydrogen) atoms. The SMILES string of the molecule is COC(=O)c1sc(-n2cnc3cc(Cl)ccc32)cc1O[Si](C)(C)C(C)(C)C. The molecule has 0 aliphatic rings. The zero-order chi connectivity index (χ0) is 20.0. The number of fused-ring (bicyclic) bond motifs is 1. The molecule has 0 saturated heterocycles. The number of methoxy groups -OCH3 is 1. The number of hydrogen-bond acceptors (Lipinski definition) is 5. The second-order valence-corrected chi connectivity index (χ2v) is 14.1. The highest BCUT2D eigenvalue weighted by molar-refractivity contribution is 7.16. The zero-order valence-electron chi connectivity index (χ0n) is 16.3. The molecular formula is C19H23ClN2O3SSi. The highest BCUT2D eigenvalue weighted by atomic mass is 35.5. The molecule has 5 nitrogen and oxygen atoms in total. The van der Waals surface area contributed by atoms with E-state index in [1.165, 1.54) is 18.4 Å². The summed E-state index contributed by atoms with van der Waals surface area (Å²) in [4.78, 5) is 17.2. The number of nitrogens with zero attached hydrogens (tertiary/aromatic N) is 2. The summed E-state index contributed by atoms with van der Waals surface area (Å²) in [5.41, 5.74) is 1.71. The van der Waals surface area contributed by atoms with Crippen LogP contribution < -0.4 is 4.43 Å². The molecule has 0 N–H and O–H groups in total. The van der Waals surface area contributed by atoms with Crippen LogP contribution in [0.15, 0.2) is 30.6 Å². The Morgan fingerprint density at radius 2 is 1.96 bits per heavy atom. The minimum atomic E-state index is -2.11. The number of thiophene rings is 1. The van der Waals surface area contributed by atoms with Crippen LogP contribution >= 0.6 is 22.9 Å². The fourth-order valence-electron chi connectivity index (χ4n) is 2.38. The predicted octanol–water partition coefficient (Wildman–Crippen LogP) is 5.91. The van der Waals surface area contributed by atoms with Crippen LogP contribution in [0.3, 0.4) is 0 Å². The number of benzene rings is 1. The van der Waals surface area contributed by atoms with E-state index < -0.39 is 14.3 Å². The summed E-state index contributed by atoms with van der Waals surface area (Å²) >= 11 is 7.39. The summed E-state index contributed by atoms with van der Waals surface area (Å²) in [6.07, 6.45) is 1.73. The van der Waals surface area contributed by atoms with Gasteiger partial charge in [-0.1, -0.05) is 32.4 Å². The lowest BCUT2D eigenvalue weighted by molar-refractivity contribution is 0.0604. The molecule has 2 aromatic heterocycles. The van der Waals surface area contributed by atoms with Crippen molar-refractivity contribution in [3.05, 3.63) is 40.5 Å². The number of carbonyl (C=O) groups is 1. The van der Waals surface area contributed by atoms with Crippen molar-refractivity contribution in [2.75, 3.05) is 7.11 Å². The molecule has 0 bridgehead atoms. The molecule has 0 atom stereocenters. The molecule has 0 spiro atoms. The van der Waals surface area contributed by atoms with Crippen LogP contribution in [0.2, 0.25) is 23.2 Å². The molecule has 3 aromatic rings. The van der Waals surface area contributed by atoms with Crippen molar-refractivity contribution in [3.63, 3.8) is 0 Å². The summed E-state index contributed by atoms with van der Waals surface area (Å²) in [7, 11) is -0.730. The van der Waals surface area contributed by atoms with Gasteiger partial charge in [0.25, 0.3) is 8.32 Å². The second-order valence-electron chi connectivity index (χ2n) is 7.88. The normalized spacial score (nSPS) is 12.4. The molecule has 2 heterocycles. The van der Waals surface area contributed by atoms with Crippen molar-refractivity contribution in [3.8, 4) is 10.8 Å². The van der Waals surface area contributed by atoms with E-state index in [1.807, 2.05) is 28.8 Å². The summed E-state index contributed by atoms with van der Waals surface area (Å²) in [5.74, 6) is 0.177. The molecular weight excluding hydrogens is 400 g/mol. The van der Waals surface area contributed by atoms with E-state index in [0.29, 0.717) is 15.6 Å². The summed E-state index contributed by atoms with van der Waals surface area (Å²) in [6.45, 7) is 10.8. The number of halogens is 1. The first-order valence-electron chi connectivity index (χ1n) is 8.57. The maximum Gasteiger partial charge on any atom is 0.351 e. The van der Waals surface area contributed by atoms with Gasteiger partial charge in [-0.25, -0.2) is 9.78 Å². The van der Waals surface area contributed by atoms with E-state index in [4.69, 9.17) is 20.8 Å². The van der Waals surface area contributed by atoms with Crippen LogP contribution in [0, 0.1) is 0 Å². The van der Waals surface area contributed by atoms with E-state index in [0.717, 1.165) is 16.0 Å². The van der Waals surface area contributed by atoms with E-state index in [2.05, 4.69) is 38.8 Å². The number of hydrogen-bond donors (Lipinski definition) is 0. The number of imidazole rings is 1. The van der Waals surface area contributed by atoms with E-state index in [-0.39, 0.29) is 5.04 Å². The average molecular weight is 423 g/mol. The minimum Gasteiger partial charge on any atom is -0.542 e. The fraction of sp³-hybridized carbons (Fsp3) is 0.368. The molecule has 0 unspecified atom stereocenters. The number of carbonyl (C=O) groups excluding carboxylic acids is 1. The van der Waals surface area contributed by atoms with Gasteiger partial charge in [0.2, 0.25) is 0 Å². The third-order valence-corrected chi connectivity index (χ3v) is 10.6. The summed E-state index contributed by atoms with van der Waals surface area (Å²) in [6, 6.07) is 7.45. The van der Waals surface area contributed by atoms with Crippen molar-refractivity contribution in [2.24, 2.45) is 0 Å². The van der Waals surface area contributed by atoms with Crippen LogP contribution in [0.5, 0.6) is 5.75 Å². The molecule has 0 aliphatic carbocycles. The van der Waals surface area contributed by atoms with E-state index >= 15 is 0 Å². The smallest absolute Gasteiger partial charge is 0.351 e. The van der Waals surface area contributed by atoms with Gasteiger partial charge in [-0.15, -0.1) is 11.3 Å². The van der Waals surface area contributed by atoms with Crippen molar-refractivity contribution >= 4 is 48.3 Å². The van der Waals surface area contributed by atoms with Crippen LogP contribution in [-0.4, -0.2) is 30.9 Å². The Kier molecular flexibility index (Phi) is 5.13. The Balaban J connectivity index is 2.10. The minimum absolute atomic E-state index is 0.0148. The first kappa shape index (κ1) is 19.9. The van der Waals surface area contributed by atoms with Crippen LogP contribution in [0.4, 0.5) is 0 Å². The lowest BCUT2D eigenvalue weighted by Gasteiger charge is -2.36. The first-order chi connectivity index (χ1) is 12.5. The van der Waals surface area contributed by atoms with Gasteiger partial charge in [0.05, 0.1) is 18.1 Å². The van der Waals surface area contributed by atoms with Gasteiger partial charge in [0.1, 0.15) is 17.1 Å². The van der Waals surface area contributed by atoms with Crippen molar-refractivity contribution in [2.45, 2.75) is 38.9 Å². The topological polar surface area (TPSA) is 53.4 Å². The highest BCUT2D eigenvalue weighted by Crippen LogP contribution is 2.41. The first-order valence-corrected chi connectivity index (χ1v) is 12.7. The molecule has 8 heteroatoms. The molecule has 3 rings (SSSR count). The maximum absolute atomic E-state index is 12.3. The van der Waals surface area contributed by atoms with E-state index in [1.54, 1.807) is 6.33 Å². The van der Waals surface area contributed by atoms with Crippen LogP contribution in [0.1, 0.15) is 30.4 Å².